The Balaban J connectivity index is 0. The van der Waals surface area contributed by atoms with E-state index in [0.717, 1.165) is 12.8 Å². The van der Waals surface area contributed by atoms with E-state index in [1.807, 2.05) is 19.1 Å². The van der Waals surface area contributed by atoms with Gasteiger partial charge in [0.25, 0.3) is 0 Å². The Morgan fingerprint density at radius 2 is 1.26 bits per heavy atom. The first-order valence-corrected chi connectivity index (χ1v) is 13.4. The molecule has 4 nitrogen and oxygen atoms in total. The molecule has 0 saturated heterocycles. The van der Waals surface area contributed by atoms with Gasteiger partial charge in [0, 0.05) is 11.8 Å². The summed E-state index contributed by atoms with van der Waals surface area (Å²) < 4.78 is 31.9. The van der Waals surface area contributed by atoms with Crippen LogP contribution >= 0.6 is 23.2 Å². The highest BCUT2D eigenvalue weighted by molar-refractivity contribution is 7.80. The first-order chi connectivity index (χ1) is 13.1. The second-order valence-corrected chi connectivity index (χ2v) is 9.13. The van der Waals surface area contributed by atoms with Crippen LogP contribution in [-0.4, -0.2) is 44.9 Å². The van der Waals surface area contributed by atoms with E-state index in [-0.39, 0.29) is 0 Å². The fourth-order valence-corrected chi connectivity index (χ4v) is 3.84. The van der Waals surface area contributed by atoms with Gasteiger partial charge in [-0.1, -0.05) is 64.0 Å². The molecule has 0 saturated carbocycles. The molecule has 0 heterocycles. The van der Waals surface area contributed by atoms with E-state index >= 15 is 0 Å². The highest BCUT2D eigenvalue weighted by Gasteiger charge is 1.98. The zero-order valence-corrected chi connectivity index (χ0v) is 20.1. The van der Waals surface area contributed by atoms with Gasteiger partial charge in [0.2, 0.25) is 0 Å². The van der Waals surface area contributed by atoms with E-state index in [1.54, 1.807) is 0 Å². The molecule has 0 rings (SSSR count). The molecular formula is C19H38Cl2O4S2. The highest BCUT2D eigenvalue weighted by atomic mass is 35.5. The van der Waals surface area contributed by atoms with Gasteiger partial charge in [-0.05, 0) is 19.8 Å². The predicted octanol–water partition coefficient (Wildman–Crippen LogP) is 5.92. The fourth-order valence-electron chi connectivity index (χ4n) is 2.01. The van der Waals surface area contributed by atoms with Crippen molar-refractivity contribution in [1.82, 2.24) is 0 Å². The van der Waals surface area contributed by atoms with Gasteiger partial charge in [0.15, 0.2) is 22.2 Å². The van der Waals surface area contributed by atoms with Gasteiger partial charge in [-0.2, -0.15) is 0 Å². The monoisotopic (exact) mass is 464 g/mol. The molecule has 0 aliphatic carbocycles. The molecule has 0 aromatic rings. The molecule has 0 aromatic heterocycles. The van der Waals surface area contributed by atoms with E-state index in [0.29, 0.717) is 36.5 Å². The first kappa shape index (κ1) is 29.7. The molecule has 0 fully saturated rings. The molecule has 0 bridgehead atoms. The predicted molar refractivity (Wildman–Crippen MR) is 121 cm³/mol. The Labute approximate surface area is 182 Å². The minimum Gasteiger partial charge on any atom is -0.291 e. The normalized spacial score (nSPS) is 13.3. The average molecular weight is 466 g/mol. The van der Waals surface area contributed by atoms with Crippen LogP contribution in [0.3, 0.4) is 0 Å². The molecule has 0 aliphatic rings. The van der Waals surface area contributed by atoms with Crippen LogP contribution in [0.4, 0.5) is 0 Å². The van der Waals surface area contributed by atoms with Crippen molar-refractivity contribution in [3.05, 3.63) is 12.2 Å². The van der Waals surface area contributed by atoms with Crippen LogP contribution in [0.1, 0.15) is 71.6 Å². The summed E-state index contributed by atoms with van der Waals surface area (Å²) in [6.45, 7) is 5.29. The summed E-state index contributed by atoms with van der Waals surface area (Å²) >= 11 is 8.44. The summed E-state index contributed by atoms with van der Waals surface area (Å²) in [5.41, 5.74) is 0. The smallest absolute Gasteiger partial charge is 0.156 e. The second-order valence-electron chi connectivity index (χ2n) is 5.87. The van der Waals surface area contributed by atoms with Gasteiger partial charge in [-0.15, -0.1) is 23.2 Å². The summed E-state index contributed by atoms with van der Waals surface area (Å²) in [6, 6.07) is 0. The Kier molecular flexibility index (Phi) is 29.2. The maximum atomic E-state index is 11.1. The molecule has 0 N–H and O–H groups in total. The van der Waals surface area contributed by atoms with Crippen LogP contribution in [0, 0.1) is 0 Å². The van der Waals surface area contributed by atoms with Crippen LogP contribution in [0.5, 0.6) is 0 Å². The minimum absolute atomic E-state index is 0.385. The van der Waals surface area contributed by atoms with Gasteiger partial charge in [-0.25, -0.2) is 8.42 Å². The highest BCUT2D eigenvalue weighted by Crippen LogP contribution is 2.08. The van der Waals surface area contributed by atoms with Crippen molar-refractivity contribution >= 4 is 45.4 Å². The lowest BCUT2D eigenvalue weighted by molar-refractivity contribution is 0.332. The third-order valence-electron chi connectivity index (χ3n) is 3.44. The number of unbranched alkanes of at least 4 members (excludes halogenated alkanes) is 7. The van der Waals surface area contributed by atoms with E-state index in [1.165, 1.54) is 44.9 Å². The summed E-state index contributed by atoms with van der Waals surface area (Å²) in [4.78, 5) is 0. The lowest BCUT2D eigenvalue weighted by Gasteiger charge is -2.02. The summed E-state index contributed by atoms with van der Waals surface area (Å²) in [5, 5.41) is 0. The van der Waals surface area contributed by atoms with Gasteiger partial charge in [0.05, 0.1) is 24.7 Å². The maximum absolute atomic E-state index is 11.1. The zero-order valence-electron chi connectivity index (χ0n) is 17.0. The van der Waals surface area contributed by atoms with Crippen molar-refractivity contribution in [2.24, 2.45) is 0 Å². The topological polar surface area (TPSA) is 52.6 Å². The summed E-state index contributed by atoms with van der Waals surface area (Å²) in [6.07, 6.45) is 14.9. The van der Waals surface area contributed by atoms with Crippen molar-refractivity contribution in [3.63, 3.8) is 0 Å². The van der Waals surface area contributed by atoms with Crippen molar-refractivity contribution in [2.75, 3.05) is 36.5 Å². The Bertz CT molecular complexity index is 370. The Hall–Kier alpha value is 0.540. The largest absolute Gasteiger partial charge is 0.291 e. The van der Waals surface area contributed by atoms with Crippen LogP contribution in [0.15, 0.2) is 12.2 Å². The fraction of sp³-hybridized carbons (Fsp3) is 0.895. The average Bonchev–Trinajstić information content (AvgIpc) is 2.65. The van der Waals surface area contributed by atoms with Crippen LogP contribution < -0.4 is 0 Å². The van der Waals surface area contributed by atoms with Crippen LogP contribution in [-0.2, 0) is 30.5 Å². The summed E-state index contributed by atoms with van der Waals surface area (Å²) in [5.74, 6) is 1.65. The molecule has 2 atom stereocenters. The van der Waals surface area contributed by atoms with Crippen molar-refractivity contribution in [2.45, 2.75) is 71.6 Å². The Morgan fingerprint density at radius 3 is 1.74 bits per heavy atom. The Morgan fingerprint density at radius 1 is 0.778 bits per heavy atom. The van der Waals surface area contributed by atoms with E-state index < -0.39 is 22.2 Å². The number of alkyl halides is 2. The zero-order chi connectivity index (χ0) is 20.6. The van der Waals surface area contributed by atoms with Gasteiger partial charge in [-0.3, -0.25) is 8.37 Å². The van der Waals surface area contributed by atoms with Crippen LogP contribution in [0.25, 0.3) is 0 Å². The van der Waals surface area contributed by atoms with Crippen molar-refractivity contribution < 1.29 is 16.8 Å². The van der Waals surface area contributed by atoms with E-state index in [4.69, 9.17) is 31.6 Å². The molecule has 164 valence electrons. The molecule has 2 unspecified atom stereocenters. The summed E-state index contributed by atoms with van der Waals surface area (Å²) in [7, 11) is 0. The third-order valence-corrected chi connectivity index (χ3v) is 6.20. The lowest BCUT2D eigenvalue weighted by Crippen LogP contribution is -2.04. The van der Waals surface area contributed by atoms with E-state index in [9.17, 15) is 8.42 Å². The third kappa shape index (κ3) is 28.8. The van der Waals surface area contributed by atoms with Gasteiger partial charge in [0.1, 0.15) is 0 Å². The number of allylic oxidation sites excluding steroid dienone is 1. The van der Waals surface area contributed by atoms with E-state index in [2.05, 4.69) is 6.92 Å². The molecule has 0 amide bonds. The quantitative estimate of drug-likeness (QED) is 0.143. The minimum atomic E-state index is -1.19. The van der Waals surface area contributed by atoms with Crippen molar-refractivity contribution in [3.8, 4) is 0 Å². The number of rotatable bonds is 18. The molecule has 0 radical (unpaired) electrons. The van der Waals surface area contributed by atoms with Gasteiger partial charge >= 0.3 is 0 Å². The molecule has 27 heavy (non-hydrogen) atoms. The second kappa shape index (κ2) is 26.5. The standard InChI is InChI=1S/C12H25ClO2S.C7H13ClO2S/c1-2-3-4-5-6-7-8-9-11-15-16(14)12-10-13;1-2-3-4-6-10-11(9)7-5-8/h2-12H2,1H3;2-3H,4-7H2,1H3. The van der Waals surface area contributed by atoms with Crippen molar-refractivity contribution in [1.29, 1.82) is 0 Å². The number of hydrogen-bond acceptors (Lipinski definition) is 4. The molecule has 0 spiro atoms. The lowest BCUT2D eigenvalue weighted by atomic mass is 10.1. The van der Waals surface area contributed by atoms with Gasteiger partial charge < -0.3 is 0 Å². The molecular weight excluding hydrogens is 427 g/mol. The number of halogens is 2. The molecule has 0 aromatic carbocycles. The SMILES string of the molecule is CC=CCCOS(=O)CCCl.CCCCCCCCCCOS(=O)CCCl. The number of hydrogen-bond donors (Lipinski definition) is 0. The molecule has 0 aliphatic heterocycles. The first-order valence-electron chi connectivity index (χ1n) is 9.88. The molecule has 8 heteroatoms. The maximum Gasteiger partial charge on any atom is 0.156 e. The van der Waals surface area contributed by atoms with Crippen LogP contribution in [0.2, 0.25) is 0 Å².